The number of carbonyl (C=O) groups is 4. The van der Waals surface area contributed by atoms with Crippen molar-refractivity contribution in [2.75, 3.05) is 0 Å². The summed E-state index contributed by atoms with van der Waals surface area (Å²) in [5, 5.41) is 15.6. The normalized spacial score (nSPS) is 27.5. The molecule has 0 heterocycles. The standard InChI is InChI=1S/C31H44N2O8/c1-28(2,3)40-26(37)32-23(12-19-7-9-22(10-8-19)39-27(38)41-29(4,5)6)25(36)33-31-15-20-11-21(16-31)14-30(13-20,18-31)17-24(34)35/h7-10,20-21,23H,11-18H2,1-6H3,(H,32,37)(H,33,36)(H,34,35)/t20-,21+,23-,30?,31?/m0/s1. The first-order chi connectivity index (χ1) is 18.9. The molecule has 5 rings (SSSR count). The van der Waals surface area contributed by atoms with Gasteiger partial charge in [0.15, 0.2) is 0 Å². The van der Waals surface area contributed by atoms with Crippen molar-refractivity contribution in [1.29, 1.82) is 0 Å². The minimum absolute atomic E-state index is 0.120. The van der Waals surface area contributed by atoms with Crippen LogP contribution in [0.5, 0.6) is 5.75 Å². The second-order valence-corrected chi connectivity index (χ2v) is 14.4. The van der Waals surface area contributed by atoms with Crippen molar-refractivity contribution in [2.45, 2.75) is 116 Å². The number of alkyl carbamates (subject to hydrolysis) is 1. The van der Waals surface area contributed by atoms with Crippen molar-refractivity contribution >= 4 is 24.1 Å². The van der Waals surface area contributed by atoms with Gasteiger partial charge in [-0.3, -0.25) is 9.59 Å². The van der Waals surface area contributed by atoms with E-state index in [1.165, 1.54) is 0 Å². The molecule has 10 heteroatoms. The summed E-state index contributed by atoms with van der Waals surface area (Å²) < 4.78 is 15.9. The highest BCUT2D eigenvalue weighted by Crippen LogP contribution is 2.62. The number of carboxylic acids is 1. The van der Waals surface area contributed by atoms with Crippen LogP contribution in [0.4, 0.5) is 9.59 Å². The highest BCUT2D eigenvalue weighted by Gasteiger charge is 2.58. The van der Waals surface area contributed by atoms with Crippen LogP contribution in [-0.4, -0.2) is 52.0 Å². The first-order valence-electron chi connectivity index (χ1n) is 14.5. The minimum Gasteiger partial charge on any atom is -0.481 e. The van der Waals surface area contributed by atoms with Crippen LogP contribution in [0.1, 0.15) is 92.1 Å². The monoisotopic (exact) mass is 572 g/mol. The van der Waals surface area contributed by atoms with Crippen LogP contribution in [0.3, 0.4) is 0 Å². The maximum Gasteiger partial charge on any atom is 0.514 e. The molecule has 41 heavy (non-hydrogen) atoms. The van der Waals surface area contributed by atoms with E-state index in [9.17, 15) is 24.3 Å². The van der Waals surface area contributed by atoms with Crippen LogP contribution < -0.4 is 15.4 Å². The van der Waals surface area contributed by atoms with Gasteiger partial charge >= 0.3 is 18.2 Å². The molecule has 0 radical (unpaired) electrons. The Hall–Kier alpha value is -3.30. The van der Waals surface area contributed by atoms with E-state index in [0.717, 1.165) is 37.7 Å². The van der Waals surface area contributed by atoms with Crippen molar-refractivity contribution in [3.8, 4) is 5.75 Å². The van der Waals surface area contributed by atoms with Gasteiger partial charge in [-0.05, 0) is 115 Å². The minimum atomic E-state index is -0.925. The number of nitrogens with one attached hydrogen (secondary N) is 2. The Morgan fingerprint density at radius 3 is 2.05 bits per heavy atom. The highest BCUT2D eigenvalue weighted by atomic mass is 16.7. The molecule has 1 aromatic carbocycles. The Bertz CT molecular complexity index is 1150. The molecule has 5 atom stereocenters. The van der Waals surface area contributed by atoms with E-state index < -0.39 is 41.0 Å². The number of amides is 2. The van der Waals surface area contributed by atoms with Crippen LogP contribution in [0.25, 0.3) is 0 Å². The summed E-state index contributed by atoms with van der Waals surface area (Å²) in [7, 11) is 0. The van der Waals surface area contributed by atoms with Gasteiger partial charge in [0.25, 0.3) is 0 Å². The van der Waals surface area contributed by atoms with E-state index in [-0.39, 0.29) is 24.2 Å². The molecule has 4 bridgehead atoms. The first-order valence-corrected chi connectivity index (χ1v) is 14.5. The molecule has 0 spiro atoms. The quantitative estimate of drug-likeness (QED) is 0.279. The Morgan fingerprint density at radius 1 is 0.927 bits per heavy atom. The largest absolute Gasteiger partial charge is 0.514 e. The molecule has 0 aromatic heterocycles. The Kier molecular flexibility index (Phi) is 8.35. The lowest BCUT2D eigenvalue weighted by molar-refractivity contribution is -0.149. The zero-order chi connectivity index (χ0) is 30.2. The molecule has 4 aliphatic rings. The van der Waals surface area contributed by atoms with Gasteiger partial charge in [-0.1, -0.05) is 12.1 Å². The van der Waals surface area contributed by atoms with Gasteiger partial charge in [0.05, 0.1) is 6.42 Å². The molecule has 0 saturated heterocycles. The number of ether oxygens (including phenoxy) is 3. The molecular formula is C31H44N2O8. The zero-order valence-electron chi connectivity index (χ0n) is 25.0. The van der Waals surface area contributed by atoms with Gasteiger partial charge in [0.2, 0.25) is 5.91 Å². The molecule has 4 fully saturated rings. The van der Waals surface area contributed by atoms with Crippen molar-refractivity contribution in [3.63, 3.8) is 0 Å². The summed E-state index contributed by atoms with van der Waals surface area (Å²) in [5.41, 5.74) is -1.45. The van der Waals surface area contributed by atoms with Gasteiger partial charge in [-0.25, -0.2) is 9.59 Å². The van der Waals surface area contributed by atoms with Gasteiger partial charge in [0.1, 0.15) is 23.0 Å². The molecule has 4 saturated carbocycles. The molecule has 0 aliphatic heterocycles. The van der Waals surface area contributed by atoms with E-state index in [1.807, 2.05) is 0 Å². The molecule has 226 valence electrons. The number of carbonyl (C=O) groups excluding carboxylic acids is 3. The second-order valence-electron chi connectivity index (χ2n) is 14.4. The van der Waals surface area contributed by atoms with E-state index in [0.29, 0.717) is 24.0 Å². The Morgan fingerprint density at radius 2 is 1.51 bits per heavy atom. The molecule has 4 aliphatic carbocycles. The third-order valence-electron chi connectivity index (χ3n) is 8.06. The molecule has 1 aromatic rings. The Balaban J connectivity index is 1.49. The van der Waals surface area contributed by atoms with E-state index in [4.69, 9.17) is 14.2 Å². The molecule has 3 N–H and O–H groups in total. The van der Waals surface area contributed by atoms with E-state index in [2.05, 4.69) is 10.6 Å². The van der Waals surface area contributed by atoms with Gasteiger partial charge in [0, 0.05) is 12.0 Å². The van der Waals surface area contributed by atoms with E-state index >= 15 is 0 Å². The lowest BCUT2D eigenvalue weighted by Gasteiger charge is -2.62. The number of carboxylic acid groups (broad SMARTS) is 1. The summed E-state index contributed by atoms with van der Waals surface area (Å²) in [6.45, 7) is 10.5. The van der Waals surface area contributed by atoms with Crippen LogP contribution in [0.2, 0.25) is 0 Å². The molecular weight excluding hydrogens is 528 g/mol. The molecule has 2 unspecified atom stereocenters. The van der Waals surface area contributed by atoms with Crippen molar-refractivity contribution in [1.82, 2.24) is 10.6 Å². The second kappa shape index (κ2) is 11.2. The van der Waals surface area contributed by atoms with Gasteiger partial charge in [-0.2, -0.15) is 0 Å². The zero-order valence-corrected chi connectivity index (χ0v) is 25.0. The fourth-order valence-corrected chi connectivity index (χ4v) is 7.43. The predicted octanol–water partition coefficient (Wildman–Crippen LogP) is 5.37. The number of benzene rings is 1. The average molecular weight is 573 g/mol. The summed E-state index contributed by atoms with van der Waals surface area (Å²) in [4.78, 5) is 50.3. The maximum atomic E-state index is 13.8. The predicted molar refractivity (Wildman–Crippen MR) is 150 cm³/mol. The van der Waals surface area contributed by atoms with Crippen LogP contribution in [0, 0.1) is 17.3 Å². The van der Waals surface area contributed by atoms with Crippen molar-refractivity contribution < 1.29 is 38.5 Å². The fraction of sp³-hybridized carbons (Fsp3) is 0.677. The maximum absolute atomic E-state index is 13.8. The Labute approximate surface area is 241 Å². The van der Waals surface area contributed by atoms with Gasteiger partial charge < -0.3 is 30.0 Å². The topological polar surface area (TPSA) is 140 Å². The molecule has 10 nitrogen and oxygen atoms in total. The highest BCUT2D eigenvalue weighted by molar-refractivity contribution is 5.86. The molecule has 2 amide bonds. The number of aliphatic carboxylic acids is 1. The van der Waals surface area contributed by atoms with E-state index in [1.54, 1.807) is 65.8 Å². The fourth-order valence-electron chi connectivity index (χ4n) is 7.43. The van der Waals surface area contributed by atoms with Gasteiger partial charge in [-0.15, -0.1) is 0 Å². The van der Waals surface area contributed by atoms with Crippen LogP contribution in [0.15, 0.2) is 24.3 Å². The first kappa shape index (κ1) is 30.7. The number of hydrogen-bond donors (Lipinski definition) is 3. The summed E-state index contributed by atoms with van der Waals surface area (Å²) in [5.74, 6) is -0.0351. The summed E-state index contributed by atoms with van der Waals surface area (Å²) >= 11 is 0. The third kappa shape index (κ3) is 8.36. The van der Waals surface area contributed by atoms with Crippen molar-refractivity contribution in [3.05, 3.63) is 29.8 Å². The number of rotatable bonds is 8. The SMILES string of the molecule is CC(C)(C)OC(=O)N[C@@H](Cc1ccc(OC(=O)OC(C)(C)C)cc1)C(=O)NC12C[C@@H]3C[C@@H](CC(CC(=O)O)(C3)C1)C2. The number of hydrogen-bond acceptors (Lipinski definition) is 7. The van der Waals surface area contributed by atoms with Crippen molar-refractivity contribution in [2.24, 2.45) is 17.3 Å². The third-order valence-corrected chi connectivity index (χ3v) is 8.06. The average Bonchev–Trinajstić information content (AvgIpc) is 2.75. The smallest absolute Gasteiger partial charge is 0.481 e. The van der Waals surface area contributed by atoms with Crippen LogP contribution >= 0.6 is 0 Å². The summed E-state index contributed by atoms with van der Waals surface area (Å²) in [6.07, 6.45) is 3.95. The lowest BCUT2D eigenvalue weighted by atomic mass is 9.46. The van der Waals surface area contributed by atoms with Crippen LogP contribution in [-0.2, 0) is 25.5 Å². The summed E-state index contributed by atoms with van der Waals surface area (Å²) in [6, 6.07) is 5.74. The lowest BCUT2D eigenvalue weighted by Crippen LogP contribution is -2.65.